The maximum atomic E-state index is 5.06. The Morgan fingerprint density at radius 3 is 2.54 bits per heavy atom. The number of rotatable bonds is 0. The van der Waals surface area contributed by atoms with Crippen molar-refractivity contribution in [1.29, 1.82) is 0 Å². The maximum Gasteiger partial charge on any atom is 0.0674 e. The molecule has 1 nitrogen and oxygen atoms in total. The summed E-state index contributed by atoms with van der Waals surface area (Å²) >= 11 is 0. The van der Waals surface area contributed by atoms with Gasteiger partial charge in [-0.25, -0.2) is 0 Å². The molecule has 0 saturated heterocycles. The van der Waals surface area contributed by atoms with E-state index >= 15 is 0 Å². The second-order valence-corrected chi connectivity index (χ2v) is 7.74. The van der Waals surface area contributed by atoms with Crippen molar-refractivity contribution >= 4 is 22.2 Å². The molecular weight excluding hydrogens is 290 g/mol. The van der Waals surface area contributed by atoms with Crippen LogP contribution in [-0.2, 0) is 12.8 Å². The van der Waals surface area contributed by atoms with Gasteiger partial charge in [-0.2, -0.15) is 0 Å². The lowest BCUT2D eigenvalue weighted by Gasteiger charge is -2.34. The van der Waals surface area contributed by atoms with Crippen molar-refractivity contribution in [3.8, 4) is 0 Å². The first kappa shape index (κ1) is 12.9. The van der Waals surface area contributed by atoms with Crippen LogP contribution in [0.3, 0.4) is 0 Å². The fraction of sp³-hybridized carbons (Fsp3) is 0.261. The van der Waals surface area contributed by atoms with Gasteiger partial charge in [0.25, 0.3) is 0 Å². The standard InChI is InChI=1S/C23H19N/c1-11-7-12(2)19-13(3)8-15-9-14-5-4-6-17-20(14)23-18(24-17)10-16(11)22(19)21(15)23/h4-8,23H,9-10H2,1-3H3. The average Bonchev–Trinajstić information content (AvgIpc) is 2.92. The molecule has 3 aliphatic rings. The predicted octanol–water partition coefficient (Wildman–Crippen LogP) is 5.44. The first-order valence-corrected chi connectivity index (χ1v) is 8.88. The van der Waals surface area contributed by atoms with Crippen LogP contribution in [0.15, 0.2) is 35.3 Å². The van der Waals surface area contributed by atoms with E-state index in [0.29, 0.717) is 5.92 Å². The highest BCUT2D eigenvalue weighted by molar-refractivity contribution is 6.12. The van der Waals surface area contributed by atoms with Gasteiger partial charge in [-0.15, -0.1) is 0 Å². The Kier molecular flexibility index (Phi) is 2.14. The Bertz CT molecular complexity index is 1130. The Morgan fingerprint density at radius 2 is 1.67 bits per heavy atom. The van der Waals surface area contributed by atoms with E-state index in [1.807, 2.05) is 0 Å². The molecule has 24 heavy (non-hydrogen) atoms. The molecule has 0 saturated carbocycles. The zero-order valence-electron chi connectivity index (χ0n) is 14.3. The van der Waals surface area contributed by atoms with Crippen LogP contribution in [0.25, 0.3) is 10.8 Å². The summed E-state index contributed by atoms with van der Waals surface area (Å²) < 4.78 is 0. The van der Waals surface area contributed by atoms with Crippen molar-refractivity contribution in [1.82, 2.24) is 0 Å². The van der Waals surface area contributed by atoms with Crippen molar-refractivity contribution in [2.75, 3.05) is 0 Å². The number of aryl methyl sites for hydroxylation is 3. The van der Waals surface area contributed by atoms with Crippen LogP contribution >= 0.6 is 0 Å². The van der Waals surface area contributed by atoms with Gasteiger partial charge < -0.3 is 0 Å². The predicted molar refractivity (Wildman–Crippen MR) is 100 cm³/mol. The van der Waals surface area contributed by atoms with E-state index in [-0.39, 0.29) is 0 Å². The fourth-order valence-corrected chi connectivity index (χ4v) is 5.52. The molecule has 0 spiro atoms. The molecular formula is C23H19N. The quantitative estimate of drug-likeness (QED) is 0.524. The molecule has 0 fully saturated rings. The lowest BCUT2D eigenvalue weighted by Crippen LogP contribution is -2.25. The number of nitrogens with zero attached hydrogens (tertiary/aromatic N) is 1. The van der Waals surface area contributed by atoms with Crippen molar-refractivity contribution in [2.24, 2.45) is 4.99 Å². The Labute approximate surface area is 142 Å². The van der Waals surface area contributed by atoms with Gasteiger partial charge in [0.15, 0.2) is 0 Å². The van der Waals surface area contributed by atoms with Gasteiger partial charge in [0.1, 0.15) is 0 Å². The minimum absolute atomic E-state index is 0.414. The lowest BCUT2D eigenvalue weighted by atomic mass is 9.68. The van der Waals surface area contributed by atoms with Crippen molar-refractivity contribution in [3.05, 3.63) is 74.8 Å². The van der Waals surface area contributed by atoms with E-state index in [1.165, 1.54) is 55.7 Å². The topological polar surface area (TPSA) is 12.4 Å². The molecule has 2 aliphatic carbocycles. The van der Waals surface area contributed by atoms with Crippen molar-refractivity contribution in [3.63, 3.8) is 0 Å². The normalized spacial score (nSPS) is 19.0. The third-order valence-corrected chi connectivity index (χ3v) is 6.34. The number of aliphatic imine (C=N–C) groups is 1. The first-order chi connectivity index (χ1) is 11.6. The molecule has 1 heteroatoms. The van der Waals surface area contributed by atoms with Gasteiger partial charge in [0, 0.05) is 12.1 Å². The Balaban J connectivity index is 1.86. The van der Waals surface area contributed by atoms with Crippen molar-refractivity contribution in [2.45, 2.75) is 39.5 Å². The summed E-state index contributed by atoms with van der Waals surface area (Å²) in [5.74, 6) is 0.414. The summed E-state index contributed by atoms with van der Waals surface area (Å²) in [5, 5.41) is 3.04. The van der Waals surface area contributed by atoms with E-state index < -0.39 is 0 Å². The fourth-order valence-electron chi connectivity index (χ4n) is 5.52. The molecule has 3 aromatic rings. The van der Waals surface area contributed by atoms with Crippen LogP contribution in [0.1, 0.15) is 50.4 Å². The lowest BCUT2D eigenvalue weighted by molar-refractivity contribution is 0.946. The third kappa shape index (κ3) is 1.32. The molecule has 1 aliphatic heterocycles. The van der Waals surface area contributed by atoms with Gasteiger partial charge in [-0.05, 0) is 88.5 Å². The van der Waals surface area contributed by atoms with Gasteiger partial charge in [-0.1, -0.05) is 24.3 Å². The summed E-state index contributed by atoms with van der Waals surface area (Å²) in [6.45, 7) is 6.83. The highest BCUT2D eigenvalue weighted by Crippen LogP contribution is 2.53. The van der Waals surface area contributed by atoms with Gasteiger partial charge in [0.05, 0.1) is 11.6 Å². The number of hydrogen-bond donors (Lipinski definition) is 0. The maximum absolute atomic E-state index is 5.06. The Hall–Kier alpha value is -2.41. The van der Waals surface area contributed by atoms with E-state index in [0.717, 1.165) is 12.8 Å². The van der Waals surface area contributed by atoms with Crippen LogP contribution in [0.4, 0.5) is 5.69 Å². The van der Waals surface area contributed by atoms with Gasteiger partial charge in [-0.3, -0.25) is 4.99 Å². The molecule has 1 atom stereocenters. The minimum atomic E-state index is 0.414. The van der Waals surface area contributed by atoms with E-state index in [4.69, 9.17) is 4.99 Å². The first-order valence-electron chi connectivity index (χ1n) is 8.88. The molecule has 0 amide bonds. The minimum Gasteiger partial charge on any atom is -0.256 e. The monoisotopic (exact) mass is 309 g/mol. The van der Waals surface area contributed by atoms with Crippen LogP contribution in [0, 0.1) is 20.8 Å². The second-order valence-electron chi connectivity index (χ2n) is 7.74. The van der Waals surface area contributed by atoms with Gasteiger partial charge >= 0.3 is 0 Å². The van der Waals surface area contributed by atoms with Crippen LogP contribution < -0.4 is 0 Å². The van der Waals surface area contributed by atoms with Crippen molar-refractivity contribution < 1.29 is 0 Å². The highest BCUT2D eigenvalue weighted by atomic mass is 14.8. The molecule has 0 radical (unpaired) electrons. The Morgan fingerprint density at radius 1 is 0.833 bits per heavy atom. The number of benzene rings is 3. The van der Waals surface area contributed by atoms with Gasteiger partial charge in [0.2, 0.25) is 0 Å². The van der Waals surface area contributed by atoms with Crippen LogP contribution in [-0.4, -0.2) is 5.71 Å². The number of hydrogen-bond acceptors (Lipinski definition) is 1. The van der Waals surface area contributed by atoms with E-state index in [1.54, 1.807) is 10.9 Å². The third-order valence-electron chi connectivity index (χ3n) is 6.34. The largest absolute Gasteiger partial charge is 0.256 e. The molecule has 116 valence electrons. The zero-order chi connectivity index (χ0) is 16.2. The summed E-state index contributed by atoms with van der Waals surface area (Å²) in [4.78, 5) is 5.06. The van der Waals surface area contributed by atoms with E-state index in [9.17, 15) is 0 Å². The summed E-state index contributed by atoms with van der Waals surface area (Å²) in [6.07, 6.45) is 2.07. The molecule has 0 bridgehead atoms. The molecule has 1 heterocycles. The van der Waals surface area contributed by atoms with E-state index in [2.05, 4.69) is 51.1 Å². The zero-order valence-corrected chi connectivity index (χ0v) is 14.3. The molecule has 3 aromatic carbocycles. The van der Waals surface area contributed by atoms with Crippen LogP contribution in [0.2, 0.25) is 0 Å². The second kappa shape index (κ2) is 3.97. The summed E-state index contributed by atoms with van der Waals surface area (Å²) in [5.41, 5.74) is 14.4. The molecule has 1 unspecified atom stereocenters. The molecule has 0 aromatic heterocycles. The molecule has 0 N–H and O–H groups in total. The molecule has 6 rings (SSSR count). The SMILES string of the molecule is Cc1cc(C)c2c(C)cc3c4c2c1CC1=Nc2cccc(c2C14)C3. The average molecular weight is 309 g/mol. The smallest absolute Gasteiger partial charge is 0.0674 e. The summed E-state index contributed by atoms with van der Waals surface area (Å²) in [7, 11) is 0. The summed E-state index contributed by atoms with van der Waals surface area (Å²) in [6, 6.07) is 11.5. The highest BCUT2D eigenvalue weighted by Gasteiger charge is 2.40. The van der Waals surface area contributed by atoms with Crippen LogP contribution in [0.5, 0.6) is 0 Å².